The number of nitrogens with one attached hydrogen (secondary N) is 2. The van der Waals surface area contributed by atoms with E-state index in [2.05, 4.69) is 16.6 Å². The maximum absolute atomic E-state index is 12.5. The third-order valence-corrected chi connectivity index (χ3v) is 5.53. The van der Waals surface area contributed by atoms with Crippen LogP contribution in [-0.4, -0.2) is 41.8 Å². The number of carbonyl (C=O) groups excluding carboxylic acids is 2. The Labute approximate surface area is 187 Å². The molecule has 32 heavy (non-hydrogen) atoms. The number of carboxylic acid groups (broad SMARTS) is 1. The summed E-state index contributed by atoms with van der Waals surface area (Å²) >= 11 is 0. The zero-order chi connectivity index (χ0) is 23.1. The summed E-state index contributed by atoms with van der Waals surface area (Å²) in [7, 11) is 0. The van der Waals surface area contributed by atoms with E-state index in [0.29, 0.717) is 6.42 Å². The zero-order valence-corrected chi connectivity index (χ0v) is 17.8. The summed E-state index contributed by atoms with van der Waals surface area (Å²) in [4.78, 5) is 35.9. The van der Waals surface area contributed by atoms with E-state index in [9.17, 15) is 14.4 Å². The van der Waals surface area contributed by atoms with Gasteiger partial charge in [0.1, 0.15) is 12.6 Å². The molecule has 3 rings (SSSR count). The lowest BCUT2D eigenvalue weighted by Crippen LogP contribution is -2.50. The van der Waals surface area contributed by atoms with Crippen molar-refractivity contribution < 1.29 is 24.2 Å². The third-order valence-electron chi connectivity index (χ3n) is 5.53. The first kappa shape index (κ1) is 22.9. The van der Waals surface area contributed by atoms with Crippen LogP contribution in [0, 0.1) is 12.3 Å². The second-order valence-corrected chi connectivity index (χ2v) is 7.64. The number of hydrogen-bond acceptors (Lipinski definition) is 4. The first-order chi connectivity index (χ1) is 15.4. The maximum atomic E-state index is 12.5. The number of rotatable bonds is 9. The summed E-state index contributed by atoms with van der Waals surface area (Å²) in [5, 5.41) is 14.1. The molecule has 0 aliphatic heterocycles. The molecule has 2 amide bonds. The van der Waals surface area contributed by atoms with Crippen molar-refractivity contribution in [1.29, 1.82) is 0 Å². The molecule has 7 nitrogen and oxygen atoms in total. The largest absolute Gasteiger partial charge is 0.481 e. The highest BCUT2D eigenvalue weighted by atomic mass is 16.5. The molecule has 7 heteroatoms. The first-order valence-corrected chi connectivity index (χ1v) is 10.5. The quantitative estimate of drug-likeness (QED) is 0.526. The number of hydrogen-bond donors (Lipinski definition) is 3. The molecule has 2 aromatic rings. The molecule has 0 saturated heterocycles. The lowest BCUT2D eigenvalue weighted by atomic mass is 9.98. The topological polar surface area (TPSA) is 105 Å². The van der Waals surface area contributed by atoms with Gasteiger partial charge in [-0.05, 0) is 28.7 Å². The highest BCUT2D eigenvalue weighted by molar-refractivity contribution is 5.86. The Balaban J connectivity index is 1.63. The fourth-order valence-corrected chi connectivity index (χ4v) is 3.92. The van der Waals surface area contributed by atoms with E-state index in [1.165, 1.54) is 0 Å². The Kier molecular flexibility index (Phi) is 7.50. The minimum absolute atomic E-state index is 0.0421. The Hall–Kier alpha value is -3.79. The predicted octanol–water partition coefficient (Wildman–Crippen LogP) is 3.29. The van der Waals surface area contributed by atoms with E-state index in [1.807, 2.05) is 48.5 Å². The molecular formula is C25H26N2O5. The molecule has 0 fully saturated rings. The molecule has 1 unspecified atom stereocenters. The molecule has 0 radical (unpaired) electrons. The van der Waals surface area contributed by atoms with Crippen LogP contribution in [0.3, 0.4) is 0 Å². The van der Waals surface area contributed by atoms with Crippen molar-refractivity contribution in [3.05, 3.63) is 59.7 Å². The van der Waals surface area contributed by atoms with Crippen LogP contribution in [0.2, 0.25) is 0 Å². The van der Waals surface area contributed by atoms with Gasteiger partial charge in [-0.2, -0.15) is 0 Å². The number of carboxylic acids is 1. The molecule has 166 valence electrons. The van der Waals surface area contributed by atoms with Crippen LogP contribution in [0.4, 0.5) is 4.79 Å². The smallest absolute Gasteiger partial charge is 0.407 e. The van der Waals surface area contributed by atoms with Gasteiger partial charge in [-0.25, -0.2) is 4.79 Å². The van der Waals surface area contributed by atoms with E-state index in [0.717, 1.165) is 22.3 Å². The fourth-order valence-electron chi connectivity index (χ4n) is 3.92. The van der Waals surface area contributed by atoms with Gasteiger partial charge in [0, 0.05) is 18.4 Å². The molecule has 3 N–H and O–H groups in total. The van der Waals surface area contributed by atoms with Gasteiger partial charge in [0.05, 0.1) is 6.42 Å². The number of amides is 2. The van der Waals surface area contributed by atoms with Gasteiger partial charge >= 0.3 is 12.1 Å². The zero-order valence-electron chi connectivity index (χ0n) is 17.8. The summed E-state index contributed by atoms with van der Waals surface area (Å²) in [5.74, 6) is 0.702. The van der Waals surface area contributed by atoms with E-state index in [1.54, 1.807) is 6.92 Å². The maximum Gasteiger partial charge on any atom is 0.407 e. The standard InChI is InChI=1S/C25H26N2O5/c1-3-9-22(24(30)26-16(4-2)14-23(28)29)27-25(31)32-15-21-19-12-7-5-10-17(19)18-11-6-8-13-20(18)21/h1,5-8,10-13,16,21-22H,4,9,14-15H2,2H3,(H,26,30)(H,27,31)(H,28,29)/t16-,22?/m0/s1. The van der Waals surface area contributed by atoms with Crippen molar-refractivity contribution in [2.45, 2.75) is 44.2 Å². The van der Waals surface area contributed by atoms with Gasteiger partial charge in [-0.1, -0.05) is 55.5 Å². The van der Waals surface area contributed by atoms with Crippen LogP contribution < -0.4 is 10.6 Å². The average molecular weight is 434 g/mol. The van der Waals surface area contributed by atoms with Gasteiger partial charge < -0.3 is 20.5 Å². The summed E-state index contributed by atoms with van der Waals surface area (Å²) in [6, 6.07) is 14.4. The van der Waals surface area contributed by atoms with E-state index in [-0.39, 0.29) is 25.4 Å². The fraction of sp³-hybridized carbons (Fsp3) is 0.320. The van der Waals surface area contributed by atoms with Gasteiger partial charge in [-0.15, -0.1) is 12.3 Å². The molecular weight excluding hydrogens is 408 g/mol. The van der Waals surface area contributed by atoms with Crippen LogP contribution in [0.15, 0.2) is 48.5 Å². The van der Waals surface area contributed by atoms with E-state index < -0.39 is 30.1 Å². The van der Waals surface area contributed by atoms with Crippen molar-refractivity contribution in [1.82, 2.24) is 10.6 Å². The lowest BCUT2D eigenvalue weighted by molar-refractivity contribution is -0.137. The van der Waals surface area contributed by atoms with Gasteiger partial charge in [-0.3, -0.25) is 9.59 Å². The highest BCUT2D eigenvalue weighted by Crippen LogP contribution is 2.44. The van der Waals surface area contributed by atoms with Crippen LogP contribution in [0.1, 0.15) is 43.2 Å². The molecule has 1 aliphatic rings. The third kappa shape index (κ3) is 5.27. The second kappa shape index (κ2) is 10.5. The lowest BCUT2D eigenvalue weighted by Gasteiger charge is -2.21. The van der Waals surface area contributed by atoms with Gasteiger partial charge in [0.2, 0.25) is 5.91 Å². The predicted molar refractivity (Wildman–Crippen MR) is 120 cm³/mol. The molecule has 1 aliphatic carbocycles. The van der Waals surface area contributed by atoms with Crippen LogP contribution >= 0.6 is 0 Å². The number of carbonyl (C=O) groups is 3. The van der Waals surface area contributed by atoms with Crippen LogP contribution in [0.25, 0.3) is 11.1 Å². The average Bonchev–Trinajstić information content (AvgIpc) is 3.10. The van der Waals surface area contributed by atoms with Gasteiger partial charge in [0.25, 0.3) is 0 Å². The minimum Gasteiger partial charge on any atom is -0.481 e. The van der Waals surface area contributed by atoms with Crippen molar-refractivity contribution in [3.8, 4) is 23.5 Å². The Bertz CT molecular complexity index is 997. The molecule has 2 atom stereocenters. The Morgan fingerprint density at radius 3 is 2.19 bits per heavy atom. The molecule has 0 aromatic heterocycles. The number of terminal acetylenes is 1. The van der Waals surface area contributed by atoms with E-state index >= 15 is 0 Å². The van der Waals surface area contributed by atoms with Crippen molar-refractivity contribution >= 4 is 18.0 Å². The molecule has 0 spiro atoms. The summed E-state index contributed by atoms with van der Waals surface area (Å²) in [6.45, 7) is 1.88. The normalized spacial score (nSPS) is 13.8. The molecule has 2 aromatic carbocycles. The summed E-state index contributed by atoms with van der Waals surface area (Å²) in [5.41, 5.74) is 4.40. The summed E-state index contributed by atoms with van der Waals surface area (Å²) < 4.78 is 5.47. The van der Waals surface area contributed by atoms with Crippen molar-refractivity contribution in [3.63, 3.8) is 0 Å². The van der Waals surface area contributed by atoms with E-state index in [4.69, 9.17) is 16.3 Å². The van der Waals surface area contributed by atoms with Gasteiger partial charge in [0.15, 0.2) is 0 Å². The second-order valence-electron chi connectivity index (χ2n) is 7.64. The molecule has 0 saturated carbocycles. The monoisotopic (exact) mass is 434 g/mol. The number of aliphatic carboxylic acids is 1. The number of fused-ring (bicyclic) bond motifs is 3. The molecule has 0 heterocycles. The summed E-state index contributed by atoms with van der Waals surface area (Å²) in [6.07, 6.45) is 4.78. The Morgan fingerprint density at radius 2 is 1.66 bits per heavy atom. The number of alkyl carbamates (subject to hydrolysis) is 1. The van der Waals surface area contributed by atoms with Crippen LogP contribution in [0.5, 0.6) is 0 Å². The number of ether oxygens (including phenoxy) is 1. The first-order valence-electron chi connectivity index (χ1n) is 10.5. The highest BCUT2D eigenvalue weighted by Gasteiger charge is 2.30. The van der Waals surface area contributed by atoms with Crippen LogP contribution in [-0.2, 0) is 14.3 Å². The number of benzene rings is 2. The molecule has 0 bridgehead atoms. The SMILES string of the molecule is C#CCC(NC(=O)OCC1c2ccccc2-c2ccccc21)C(=O)N[C@@H](CC)CC(=O)O. The van der Waals surface area contributed by atoms with Crippen molar-refractivity contribution in [2.75, 3.05) is 6.61 Å². The minimum atomic E-state index is -1.02. The Morgan fingerprint density at radius 1 is 1.06 bits per heavy atom. The van der Waals surface area contributed by atoms with Crippen molar-refractivity contribution in [2.24, 2.45) is 0 Å².